The summed E-state index contributed by atoms with van der Waals surface area (Å²) in [7, 11) is 0. The molecule has 18 heavy (non-hydrogen) atoms. The minimum absolute atomic E-state index is 0.0533. The maximum absolute atomic E-state index is 11.9. The van der Waals surface area contributed by atoms with Crippen LogP contribution in [0, 0.1) is 0 Å². The van der Waals surface area contributed by atoms with Crippen molar-refractivity contribution in [1.82, 2.24) is 15.6 Å². The Morgan fingerprint density at radius 3 is 3.00 bits per heavy atom. The van der Waals surface area contributed by atoms with Crippen molar-refractivity contribution < 1.29 is 4.79 Å². The van der Waals surface area contributed by atoms with Gasteiger partial charge in [-0.1, -0.05) is 13.8 Å². The van der Waals surface area contributed by atoms with Crippen LogP contribution < -0.4 is 10.6 Å². The zero-order valence-electron chi connectivity index (χ0n) is 11.3. The molecule has 1 fully saturated rings. The van der Waals surface area contributed by atoms with Gasteiger partial charge in [0.05, 0.1) is 0 Å². The molecule has 3 N–H and O–H groups in total. The van der Waals surface area contributed by atoms with Crippen LogP contribution in [-0.2, 0) is 10.2 Å². The number of aromatic amines is 1. The first kappa shape index (κ1) is 13.1. The molecule has 1 aromatic rings. The third-order valence-electron chi connectivity index (χ3n) is 3.65. The van der Waals surface area contributed by atoms with Crippen LogP contribution in [0.3, 0.4) is 0 Å². The van der Waals surface area contributed by atoms with E-state index >= 15 is 0 Å². The molecule has 4 nitrogen and oxygen atoms in total. The van der Waals surface area contributed by atoms with E-state index in [1.54, 1.807) is 0 Å². The molecule has 2 heterocycles. The molecule has 0 aromatic carbocycles. The van der Waals surface area contributed by atoms with E-state index in [0.29, 0.717) is 19.0 Å². The number of hydrogen-bond donors (Lipinski definition) is 3. The summed E-state index contributed by atoms with van der Waals surface area (Å²) in [6.07, 6.45) is 4.82. The SMILES string of the molecule is CC(C)(CNC(=O)CC1CCCN1)c1ccc[nH]1. The van der Waals surface area contributed by atoms with Gasteiger partial charge in [-0.05, 0) is 31.5 Å². The first-order valence-electron chi connectivity index (χ1n) is 6.72. The normalized spacial score (nSPS) is 20.0. The van der Waals surface area contributed by atoms with Gasteiger partial charge in [0, 0.05) is 36.3 Å². The molecule has 1 amide bonds. The molecule has 1 aromatic heterocycles. The number of aromatic nitrogens is 1. The van der Waals surface area contributed by atoms with Crippen LogP contribution in [0.5, 0.6) is 0 Å². The molecule has 0 bridgehead atoms. The largest absolute Gasteiger partial charge is 0.364 e. The van der Waals surface area contributed by atoms with Gasteiger partial charge in [-0.2, -0.15) is 0 Å². The second-order valence-electron chi connectivity index (χ2n) is 5.74. The molecule has 100 valence electrons. The highest BCUT2D eigenvalue weighted by molar-refractivity contribution is 5.76. The Balaban J connectivity index is 1.78. The lowest BCUT2D eigenvalue weighted by atomic mass is 9.89. The second kappa shape index (κ2) is 5.57. The number of H-pyrrole nitrogens is 1. The van der Waals surface area contributed by atoms with Gasteiger partial charge in [-0.15, -0.1) is 0 Å². The van der Waals surface area contributed by atoms with E-state index < -0.39 is 0 Å². The number of rotatable bonds is 5. The van der Waals surface area contributed by atoms with Crippen molar-refractivity contribution in [3.63, 3.8) is 0 Å². The number of carbonyl (C=O) groups excluding carboxylic acids is 1. The highest BCUT2D eigenvalue weighted by atomic mass is 16.1. The van der Waals surface area contributed by atoms with Crippen LogP contribution in [0.1, 0.15) is 38.8 Å². The minimum Gasteiger partial charge on any atom is -0.364 e. The lowest BCUT2D eigenvalue weighted by Gasteiger charge is -2.24. The Hall–Kier alpha value is -1.29. The molecular formula is C14H23N3O. The Labute approximate surface area is 109 Å². The maximum atomic E-state index is 11.9. The van der Waals surface area contributed by atoms with E-state index in [1.807, 2.05) is 12.3 Å². The van der Waals surface area contributed by atoms with Crippen LogP contribution in [0.2, 0.25) is 0 Å². The van der Waals surface area contributed by atoms with Gasteiger partial charge in [0.2, 0.25) is 5.91 Å². The van der Waals surface area contributed by atoms with Gasteiger partial charge in [-0.25, -0.2) is 0 Å². The maximum Gasteiger partial charge on any atom is 0.221 e. The summed E-state index contributed by atoms with van der Waals surface area (Å²) < 4.78 is 0. The van der Waals surface area contributed by atoms with Gasteiger partial charge >= 0.3 is 0 Å². The molecule has 4 heteroatoms. The summed E-state index contributed by atoms with van der Waals surface area (Å²) in [4.78, 5) is 15.1. The molecule has 0 spiro atoms. The lowest BCUT2D eigenvalue weighted by Crippen LogP contribution is -2.39. The summed E-state index contributed by atoms with van der Waals surface area (Å²) in [6, 6.07) is 4.42. The minimum atomic E-state index is -0.0533. The standard InChI is InChI=1S/C14H23N3O/c1-14(2,12-6-4-8-16-12)10-17-13(18)9-11-5-3-7-15-11/h4,6,8,11,15-16H,3,5,7,9-10H2,1-2H3,(H,17,18). The van der Waals surface area contributed by atoms with Crippen molar-refractivity contribution >= 4 is 5.91 Å². The first-order valence-corrected chi connectivity index (χ1v) is 6.72. The van der Waals surface area contributed by atoms with Gasteiger partial charge in [0.25, 0.3) is 0 Å². The summed E-state index contributed by atoms with van der Waals surface area (Å²) in [6.45, 7) is 5.98. The summed E-state index contributed by atoms with van der Waals surface area (Å²) in [5, 5.41) is 6.38. The third-order valence-corrected chi connectivity index (χ3v) is 3.65. The van der Waals surface area contributed by atoms with Crippen molar-refractivity contribution in [1.29, 1.82) is 0 Å². The number of carbonyl (C=O) groups is 1. The molecule has 2 rings (SSSR count). The van der Waals surface area contributed by atoms with E-state index in [1.165, 1.54) is 6.42 Å². The molecule has 1 atom stereocenters. The van der Waals surface area contributed by atoms with Crippen LogP contribution >= 0.6 is 0 Å². The predicted molar refractivity (Wildman–Crippen MR) is 72.5 cm³/mol. The molecule has 0 saturated carbocycles. The number of nitrogens with one attached hydrogen (secondary N) is 3. The van der Waals surface area contributed by atoms with Gasteiger partial charge in [0.1, 0.15) is 0 Å². The fourth-order valence-electron chi connectivity index (χ4n) is 2.39. The highest BCUT2D eigenvalue weighted by Crippen LogP contribution is 2.20. The second-order valence-corrected chi connectivity index (χ2v) is 5.74. The Kier molecular flexibility index (Phi) is 4.07. The zero-order valence-corrected chi connectivity index (χ0v) is 11.3. The molecule has 1 aliphatic rings. The van der Waals surface area contributed by atoms with E-state index in [-0.39, 0.29) is 11.3 Å². The van der Waals surface area contributed by atoms with E-state index in [4.69, 9.17) is 0 Å². The van der Waals surface area contributed by atoms with Crippen molar-refractivity contribution in [3.8, 4) is 0 Å². The average molecular weight is 249 g/mol. The van der Waals surface area contributed by atoms with Crippen molar-refractivity contribution in [2.24, 2.45) is 0 Å². The lowest BCUT2D eigenvalue weighted by molar-refractivity contribution is -0.121. The number of hydrogen-bond acceptors (Lipinski definition) is 2. The van der Waals surface area contributed by atoms with E-state index in [0.717, 1.165) is 18.7 Å². The van der Waals surface area contributed by atoms with Crippen LogP contribution in [0.25, 0.3) is 0 Å². The predicted octanol–water partition coefficient (Wildman–Crippen LogP) is 1.55. The molecule has 0 aliphatic carbocycles. The third kappa shape index (κ3) is 3.35. The van der Waals surface area contributed by atoms with Crippen molar-refractivity contribution in [2.75, 3.05) is 13.1 Å². The Morgan fingerprint density at radius 1 is 1.56 bits per heavy atom. The van der Waals surface area contributed by atoms with E-state index in [2.05, 4.69) is 35.5 Å². The van der Waals surface area contributed by atoms with Crippen LogP contribution in [0.15, 0.2) is 18.3 Å². The fourth-order valence-corrected chi connectivity index (χ4v) is 2.39. The van der Waals surface area contributed by atoms with E-state index in [9.17, 15) is 4.79 Å². The molecule has 1 unspecified atom stereocenters. The van der Waals surface area contributed by atoms with Gasteiger partial charge < -0.3 is 15.6 Å². The molecule has 1 saturated heterocycles. The highest BCUT2D eigenvalue weighted by Gasteiger charge is 2.23. The summed E-state index contributed by atoms with van der Waals surface area (Å²) >= 11 is 0. The summed E-state index contributed by atoms with van der Waals surface area (Å²) in [5.41, 5.74) is 1.10. The zero-order chi connectivity index (χ0) is 13.0. The molecule has 0 radical (unpaired) electrons. The van der Waals surface area contributed by atoms with Crippen LogP contribution in [0.4, 0.5) is 0 Å². The smallest absolute Gasteiger partial charge is 0.221 e. The first-order chi connectivity index (χ1) is 8.58. The van der Waals surface area contributed by atoms with Crippen LogP contribution in [-0.4, -0.2) is 30.0 Å². The molecular weight excluding hydrogens is 226 g/mol. The average Bonchev–Trinajstić information content (AvgIpc) is 2.99. The van der Waals surface area contributed by atoms with Crippen molar-refractivity contribution in [2.45, 2.75) is 44.6 Å². The Bertz CT molecular complexity index is 378. The molecule has 1 aliphatic heterocycles. The quantitative estimate of drug-likeness (QED) is 0.741. The fraction of sp³-hybridized carbons (Fsp3) is 0.643. The Morgan fingerprint density at radius 2 is 2.39 bits per heavy atom. The number of amides is 1. The van der Waals surface area contributed by atoms with Gasteiger partial charge in [0.15, 0.2) is 0 Å². The summed E-state index contributed by atoms with van der Waals surface area (Å²) in [5.74, 6) is 0.147. The topological polar surface area (TPSA) is 56.9 Å². The monoisotopic (exact) mass is 249 g/mol. The van der Waals surface area contributed by atoms with Crippen molar-refractivity contribution in [3.05, 3.63) is 24.0 Å². The van der Waals surface area contributed by atoms with Gasteiger partial charge in [-0.3, -0.25) is 4.79 Å².